The largest absolute Gasteiger partial charge is 0.508 e. The number of carbonyl (C=O) groups excluding carboxylic acids is 1. The average Bonchev–Trinajstić information content (AvgIpc) is 1.72. The zero-order chi connectivity index (χ0) is 85.9. The van der Waals surface area contributed by atoms with Crippen molar-refractivity contribution in [1.29, 1.82) is 0 Å². The molecule has 0 atom stereocenters. The normalized spacial score (nSPS) is 13.7. The van der Waals surface area contributed by atoms with Gasteiger partial charge >= 0.3 is 0 Å². The van der Waals surface area contributed by atoms with Crippen LogP contribution in [-0.4, -0.2) is 190 Å². The molecule has 8 aromatic carbocycles. The van der Waals surface area contributed by atoms with E-state index in [-0.39, 0.29) is 37.3 Å². The summed E-state index contributed by atoms with van der Waals surface area (Å²) < 4.78 is 63.5. The summed E-state index contributed by atoms with van der Waals surface area (Å²) in [4.78, 5) is 26.4. The quantitative estimate of drug-likeness (QED) is 0.0166. The lowest BCUT2D eigenvalue weighted by atomic mass is 10.0. The summed E-state index contributed by atoms with van der Waals surface area (Å²) in [6.45, 7) is 13.3. The average molecular weight is 1910 g/mol. The Balaban J connectivity index is 0.000000233. The minimum atomic E-state index is -0.342. The number of hydrogen-bond donors (Lipinski definition) is 2. The monoisotopic (exact) mass is 1900 g/mol. The highest BCUT2D eigenvalue weighted by Gasteiger charge is 2.25. The van der Waals surface area contributed by atoms with Crippen LogP contribution in [0.2, 0.25) is 40.2 Å². The molecule has 0 unspecified atom stereocenters. The molecule has 5 heterocycles. The maximum Gasteiger partial charge on any atom is 0.191 e. The SMILES string of the molecule is COC(CBr)OC.COC(COc1ccc(Cl)cc1)OC.Cl.Clc1ccc(OCCCN2CCC(n3ccnc3COc3ccc(Cl)cc3)CC2)cc1.Clc1ccc(OCCCN2CCC(n3ccnc3COc3ccc(Cl)cc3)CC2)cc1.NC1CCN(CCCOc2ccc(Cl)cc2)CC1.O=CCOc1ccc(Cl)cc1.Oc1ccc(Cl)cc1. The van der Waals surface area contributed by atoms with E-state index >= 15 is 0 Å². The molecule has 3 aliphatic heterocycles. The van der Waals surface area contributed by atoms with Crippen LogP contribution < -0.4 is 38.9 Å². The molecular formula is C90H110BrCl9N8O13. The number of aromatic nitrogens is 4. The summed E-state index contributed by atoms with van der Waals surface area (Å²) in [5, 5.41) is 15.0. The molecule has 3 N–H and O–H groups in total. The molecule has 3 fully saturated rings. The summed E-state index contributed by atoms with van der Waals surface area (Å²) in [7, 11) is 6.35. The molecule has 3 saturated heterocycles. The van der Waals surface area contributed by atoms with Crippen molar-refractivity contribution in [2.75, 3.05) is 126 Å². The number of methoxy groups -OCH3 is 4. The van der Waals surface area contributed by atoms with Gasteiger partial charge < -0.3 is 86.8 Å². The van der Waals surface area contributed by atoms with Gasteiger partial charge in [0.1, 0.15) is 84.1 Å². The number of benzene rings is 8. The van der Waals surface area contributed by atoms with Crippen LogP contribution in [0, 0.1) is 0 Å². The van der Waals surface area contributed by atoms with Crippen LogP contribution in [0.15, 0.2) is 219 Å². The summed E-state index contributed by atoms with van der Waals surface area (Å²) in [5.74, 6) is 7.80. The van der Waals surface area contributed by atoms with Crippen molar-refractivity contribution >= 4 is 127 Å². The molecule has 10 aromatic rings. The number of piperidine rings is 3. The van der Waals surface area contributed by atoms with Crippen molar-refractivity contribution in [3.05, 3.63) is 271 Å². The fourth-order valence-corrected chi connectivity index (χ4v) is 13.8. The zero-order valence-corrected chi connectivity index (χ0v) is 76.9. The first kappa shape index (κ1) is 103. The first-order valence-corrected chi connectivity index (χ1v) is 43.7. The number of phenolic OH excluding ortho intramolecular Hbond substituents is 1. The Morgan fingerprint density at radius 1 is 0.397 bits per heavy atom. The zero-order valence-electron chi connectivity index (χ0n) is 68.5. The molecular weight excluding hydrogens is 1800 g/mol. The lowest BCUT2D eigenvalue weighted by Crippen LogP contribution is -2.40. The summed E-state index contributed by atoms with van der Waals surface area (Å²) in [5.41, 5.74) is 5.88. The number of rotatable bonds is 34. The summed E-state index contributed by atoms with van der Waals surface area (Å²) >= 11 is 49.5. The number of phenols is 1. The van der Waals surface area contributed by atoms with E-state index in [0.29, 0.717) is 75.1 Å². The number of ether oxygens (including phenoxy) is 11. The van der Waals surface area contributed by atoms with Crippen molar-refractivity contribution in [2.24, 2.45) is 5.73 Å². The number of aromatic hydroxyl groups is 1. The number of aldehydes is 1. The van der Waals surface area contributed by atoms with Gasteiger partial charge in [0.25, 0.3) is 0 Å². The maximum absolute atomic E-state index is 9.89. The van der Waals surface area contributed by atoms with Crippen molar-refractivity contribution < 1.29 is 62.0 Å². The smallest absolute Gasteiger partial charge is 0.191 e. The van der Waals surface area contributed by atoms with Crippen LogP contribution in [0.25, 0.3) is 0 Å². The second-order valence-corrected chi connectivity index (χ2v) is 31.5. The van der Waals surface area contributed by atoms with Gasteiger partial charge in [-0.15, -0.1) is 12.4 Å². The molecule has 121 heavy (non-hydrogen) atoms. The second kappa shape index (κ2) is 60.6. The van der Waals surface area contributed by atoms with E-state index < -0.39 is 0 Å². The first-order chi connectivity index (χ1) is 58.3. The standard InChI is InChI=1S/2C24H27Cl2N3O2.C14H21ClN2O.C10H13ClO3.C8H7ClO2.C6H5ClO.C4H9BrO2.ClH/c2*25-19-2-6-22(7-3-19)30-17-1-13-28-14-10-21(11-15-28)29-16-12-27-24(29)18-31-23-8-4-20(26)5-9-23;15-12-2-4-14(5-3-12)18-11-1-8-17-9-6-13(16)7-10-17;1-12-10(13-2)7-14-9-5-3-8(11)4-6-9;9-7-1-3-8(4-2-7)11-6-5-10;7-5-1-3-6(8)4-2-5;1-6-4(3-5)7-2;/h2*2-9,12,16,21H,1,10-11,13-15,17-18H2;2-5,13H,1,6-11,16H2;3-6,10H,7H2,1-2H3;1-5H,6H2;1-4,8H;4H,3H2,1-2H3;1H. The number of nitrogens with two attached hydrogens (primary N) is 1. The molecule has 0 aliphatic carbocycles. The number of likely N-dealkylation sites (tertiary alicyclic amines) is 3. The van der Waals surface area contributed by atoms with Crippen molar-refractivity contribution in [1.82, 2.24) is 33.8 Å². The number of imidazole rings is 2. The first-order valence-electron chi connectivity index (χ1n) is 39.5. The van der Waals surface area contributed by atoms with Crippen molar-refractivity contribution in [3.8, 4) is 46.0 Å². The van der Waals surface area contributed by atoms with E-state index in [1.54, 1.807) is 101 Å². The van der Waals surface area contributed by atoms with E-state index in [1.165, 1.54) is 0 Å². The van der Waals surface area contributed by atoms with Crippen LogP contribution >= 0.6 is 121 Å². The molecule has 658 valence electrons. The molecule has 2 aromatic heterocycles. The van der Waals surface area contributed by atoms with Crippen molar-refractivity contribution in [2.45, 2.75) is 102 Å². The van der Waals surface area contributed by atoms with E-state index in [1.807, 2.05) is 134 Å². The van der Waals surface area contributed by atoms with Gasteiger partial charge in [-0.3, -0.25) is 4.79 Å². The molecule has 0 radical (unpaired) electrons. The predicted octanol–water partition coefficient (Wildman–Crippen LogP) is 22.0. The fourth-order valence-electron chi connectivity index (χ4n) is 12.2. The second-order valence-electron chi connectivity index (χ2n) is 27.4. The highest BCUT2D eigenvalue weighted by atomic mass is 79.9. The van der Waals surface area contributed by atoms with Gasteiger partial charge in [-0.1, -0.05) is 109 Å². The molecule has 3 aliphatic rings. The van der Waals surface area contributed by atoms with Gasteiger partial charge in [-0.05, 0) is 265 Å². The van der Waals surface area contributed by atoms with Gasteiger partial charge in [-0.2, -0.15) is 0 Å². The van der Waals surface area contributed by atoms with E-state index in [2.05, 4.69) is 62.1 Å². The fraction of sp³-hybridized carbons (Fsp3) is 0.389. The number of halogens is 10. The molecule has 0 saturated carbocycles. The van der Waals surface area contributed by atoms with Crippen LogP contribution in [0.5, 0.6) is 46.0 Å². The van der Waals surface area contributed by atoms with Gasteiger partial charge in [0.05, 0.1) is 25.2 Å². The topological polar surface area (TPSA) is 210 Å². The van der Waals surface area contributed by atoms with Gasteiger partial charge in [-0.25, -0.2) is 9.97 Å². The van der Waals surface area contributed by atoms with Crippen LogP contribution in [0.3, 0.4) is 0 Å². The van der Waals surface area contributed by atoms with Crippen molar-refractivity contribution in [3.63, 3.8) is 0 Å². The van der Waals surface area contributed by atoms with E-state index in [4.69, 9.17) is 156 Å². The molecule has 31 heteroatoms. The van der Waals surface area contributed by atoms with Crippen LogP contribution in [0.4, 0.5) is 0 Å². The van der Waals surface area contributed by atoms with Crippen LogP contribution in [0.1, 0.15) is 81.5 Å². The predicted molar refractivity (Wildman–Crippen MR) is 494 cm³/mol. The number of alkyl halides is 1. The van der Waals surface area contributed by atoms with Crippen LogP contribution in [-0.2, 0) is 37.0 Å². The Bertz CT molecular complexity index is 4120. The number of nitrogens with zero attached hydrogens (tertiary/aromatic N) is 7. The Morgan fingerprint density at radius 2 is 0.661 bits per heavy atom. The Hall–Kier alpha value is -6.98. The van der Waals surface area contributed by atoms with E-state index in [0.717, 1.165) is 203 Å². The van der Waals surface area contributed by atoms with E-state index in [9.17, 15) is 4.79 Å². The minimum absolute atomic E-state index is 0. The Labute approximate surface area is 767 Å². The molecule has 0 bridgehead atoms. The number of hydrogen-bond acceptors (Lipinski definition) is 19. The Morgan fingerprint density at radius 3 is 0.926 bits per heavy atom. The third kappa shape index (κ3) is 42.5. The third-order valence-electron chi connectivity index (χ3n) is 18.8. The molecule has 13 rings (SSSR count). The summed E-state index contributed by atoms with van der Waals surface area (Å²) in [6.07, 6.45) is 17.9. The lowest BCUT2D eigenvalue weighted by molar-refractivity contribution is -0.121. The maximum atomic E-state index is 9.89. The van der Waals surface area contributed by atoms with Gasteiger partial charge in [0.15, 0.2) is 18.9 Å². The molecule has 0 amide bonds. The Kier molecular flexibility index (Phi) is 51.5. The van der Waals surface area contributed by atoms with Gasteiger partial charge in [0, 0.05) is 157 Å². The summed E-state index contributed by atoms with van der Waals surface area (Å²) in [6, 6.07) is 59.1. The lowest BCUT2D eigenvalue weighted by Gasteiger charge is -2.33. The minimum Gasteiger partial charge on any atom is -0.508 e. The molecule has 0 spiro atoms. The highest BCUT2D eigenvalue weighted by molar-refractivity contribution is 9.09. The van der Waals surface area contributed by atoms with Gasteiger partial charge in [0.2, 0.25) is 0 Å². The molecule has 21 nitrogen and oxygen atoms in total. The highest BCUT2D eigenvalue weighted by Crippen LogP contribution is 2.29. The number of carbonyl (C=O) groups is 1. The third-order valence-corrected chi connectivity index (χ3v) is 21.4.